The Balaban J connectivity index is 2.79. The summed E-state index contributed by atoms with van der Waals surface area (Å²) in [5, 5.41) is 8.30. The molecule has 13 heavy (non-hydrogen) atoms. The van der Waals surface area contributed by atoms with Crippen molar-refractivity contribution < 1.29 is 14.1 Å². The van der Waals surface area contributed by atoms with Gasteiger partial charge in [-0.05, 0) is 24.1 Å². The zero-order valence-electron chi connectivity index (χ0n) is 7.46. The summed E-state index contributed by atoms with van der Waals surface area (Å²) >= 11 is 0. The van der Waals surface area contributed by atoms with Gasteiger partial charge in [-0.15, -0.1) is 0 Å². The molecule has 0 fully saturated rings. The third-order valence-corrected chi connectivity index (χ3v) is 1.71. The molecule has 4 heteroatoms. The highest BCUT2D eigenvalue weighted by Gasteiger charge is 2.04. The van der Waals surface area contributed by atoms with Crippen molar-refractivity contribution in [1.82, 2.24) is 0 Å². The fraction of sp³-hybridized carbons (Fsp3) is 0.333. The van der Waals surface area contributed by atoms with E-state index >= 15 is 0 Å². The molecule has 1 radical (unpaired) electrons. The fourth-order valence-corrected chi connectivity index (χ4v) is 1.14. The second kappa shape index (κ2) is 4.87. The van der Waals surface area contributed by atoms with Crippen LogP contribution < -0.4 is 4.65 Å². The summed E-state index contributed by atoms with van der Waals surface area (Å²) in [6, 6.07) is 4.71. The van der Waals surface area contributed by atoms with Gasteiger partial charge < -0.3 is 9.68 Å². The van der Waals surface area contributed by atoms with Gasteiger partial charge in [0, 0.05) is 0 Å². The third-order valence-electron chi connectivity index (χ3n) is 1.71. The Morgan fingerprint density at radius 1 is 1.54 bits per heavy atom. The lowest BCUT2D eigenvalue weighted by atomic mass is 10.1. The molecule has 0 unspecified atom stereocenters. The van der Waals surface area contributed by atoms with E-state index in [1.807, 2.05) is 6.92 Å². The predicted molar refractivity (Wildman–Crippen MR) is 49.0 cm³/mol. The maximum absolute atomic E-state index is 13.1. The van der Waals surface area contributed by atoms with E-state index in [0.29, 0.717) is 7.69 Å². The number of hydrogen-bond donors (Lipinski definition) is 1. The van der Waals surface area contributed by atoms with Gasteiger partial charge in [-0.1, -0.05) is 19.4 Å². The van der Waals surface area contributed by atoms with Crippen molar-refractivity contribution >= 4 is 7.69 Å². The predicted octanol–water partition coefficient (Wildman–Crippen LogP) is 1.68. The lowest BCUT2D eigenvalue weighted by Gasteiger charge is -2.04. The Morgan fingerprint density at radius 3 is 2.85 bits per heavy atom. The molecular formula is C9H11BFO2. The molecule has 0 aromatic heterocycles. The highest BCUT2D eigenvalue weighted by molar-refractivity contribution is 6.17. The Labute approximate surface area is 77.7 Å². The van der Waals surface area contributed by atoms with E-state index in [-0.39, 0.29) is 5.75 Å². The summed E-state index contributed by atoms with van der Waals surface area (Å²) < 4.78 is 17.6. The number of benzene rings is 1. The first kappa shape index (κ1) is 10.1. The quantitative estimate of drug-likeness (QED) is 0.716. The van der Waals surface area contributed by atoms with Crippen LogP contribution in [0.5, 0.6) is 5.75 Å². The molecule has 0 bridgehead atoms. The number of rotatable bonds is 4. The molecule has 0 aliphatic heterocycles. The van der Waals surface area contributed by atoms with Gasteiger partial charge in [-0.2, -0.15) is 0 Å². The van der Waals surface area contributed by atoms with Crippen molar-refractivity contribution in [3.63, 3.8) is 0 Å². The number of aryl methyl sites for hydroxylation is 1. The second-order valence-electron chi connectivity index (χ2n) is 2.74. The average Bonchev–Trinajstić information content (AvgIpc) is 2.10. The van der Waals surface area contributed by atoms with Gasteiger partial charge in [0.1, 0.15) is 5.75 Å². The van der Waals surface area contributed by atoms with E-state index in [4.69, 9.17) is 5.02 Å². The fourth-order valence-electron chi connectivity index (χ4n) is 1.14. The summed E-state index contributed by atoms with van der Waals surface area (Å²) in [6.45, 7) is 2.03. The molecule has 1 rings (SSSR count). The lowest BCUT2D eigenvalue weighted by molar-refractivity contribution is 0.431. The molecular weight excluding hydrogens is 170 g/mol. The monoisotopic (exact) mass is 181 g/mol. The minimum Gasteiger partial charge on any atom is -0.535 e. The molecule has 0 heterocycles. The van der Waals surface area contributed by atoms with Crippen LogP contribution in [0.25, 0.3) is 0 Å². The van der Waals surface area contributed by atoms with Crippen molar-refractivity contribution in [1.29, 1.82) is 0 Å². The van der Waals surface area contributed by atoms with Crippen molar-refractivity contribution in [3.05, 3.63) is 29.6 Å². The van der Waals surface area contributed by atoms with Crippen LogP contribution in [-0.4, -0.2) is 12.7 Å². The minimum absolute atomic E-state index is 0.0438. The Morgan fingerprint density at radius 2 is 2.31 bits per heavy atom. The van der Waals surface area contributed by atoms with Crippen LogP contribution in [0.3, 0.4) is 0 Å². The topological polar surface area (TPSA) is 29.5 Å². The van der Waals surface area contributed by atoms with Crippen LogP contribution >= 0.6 is 0 Å². The highest BCUT2D eigenvalue weighted by Crippen LogP contribution is 2.18. The van der Waals surface area contributed by atoms with Gasteiger partial charge >= 0.3 is 7.69 Å². The van der Waals surface area contributed by atoms with Crippen LogP contribution in [0.4, 0.5) is 4.39 Å². The number of hydrogen-bond acceptors (Lipinski definition) is 2. The van der Waals surface area contributed by atoms with E-state index in [0.717, 1.165) is 18.4 Å². The van der Waals surface area contributed by atoms with Crippen LogP contribution in [0.2, 0.25) is 0 Å². The van der Waals surface area contributed by atoms with Crippen LogP contribution in [0, 0.1) is 5.82 Å². The molecule has 0 saturated carbocycles. The third kappa shape index (κ3) is 2.74. The highest BCUT2D eigenvalue weighted by atomic mass is 19.1. The van der Waals surface area contributed by atoms with E-state index in [9.17, 15) is 4.39 Å². The molecule has 1 N–H and O–H groups in total. The molecule has 1 aromatic carbocycles. The zero-order valence-corrected chi connectivity index (χ0v) is 7.46. The van der Waals surface area contributed by atoms with Gasteiger partial charge in [0.2, 0.25) is 0 Å². The lowest BCUT2D eigenvalue weighted by Crippen LogP contribution is -2.02. The molecule has 0 saturated heterocycles. The maximum atomic E-state index is 13.1. The van der Waals surface area contributed by atoms with Crippen molar-refractivity contribution in [2.45, 2.75) is 19.8 Å². The van der Waals surface area contributed by atoms with E-state index in [2.05, 4.69) is 4.65 Å². The molecule has 2 nitrogen and oxygen atoms in total. The maximum Gasteiger partial charge on any atom is 0.569 e. The summed E-state index contributed by atoms with van der Waals surface area (Å²) in [7, 11) is 0.470. The first-order chi connectivity index (χ1) is 6.27. The Bertz CT molecular complexity index is 278. The largest absolute Gasteiger partial charge is 0.569 e. The first-order valence-electron chi connectivity index (χ1n) is 4.19. The summed E-state index contributed by atoms with van der Waals surface area (Å²) in [5.74, 6) is -0.404. The van der Waals surface area contributed by atoms with Gasteiger partial charge in [-0.3, -0.25) is 0 Å². The zero-order chi connectivity index (χ0) is 9.68. The van der Waals surface area contributed by atoms with E-state index < -0.39 is 5.82 Å². The summed E-state index contributed by atoms with van der Waals surface area (Å²) in [5.41, 5.74) is 0.935. The molecule has 69 valence electrons. The number of halogens is 1. The van der Waals surface area contributed by atoms with Crippen molar-refractivity contribution in [2.24, 2.45) is 0 Å². The minimum atomic E-state index is -0.448. The molecule has 0 spiro atoms. The van der Waals surface area contributed by atoms with Crippen LogP contribution in [0.1, 0.15) is 18.9 Å². The smallest absolute Gasteiger partial charge is 0.535 e. The Hall–Kier alpha value is -1.03. The van der Waals surface area contributed by atoms with Crippen LogP contribution in [-0.2, 0) is 6.42 Å². The van der Waals surface area contributed by atoms with E-state index in [1.54, 1.807) is 6.07 Å². The molecule has 0 aliphatic carbocycles. The summed E-state index contributed by atoms with van der Waals surface area (Å²) in [6.07, 6.45) is 1.83. The van der Waals surface area contributed by atoms with E-state index in [1.165, 1.54) is 12.1 Å². The molecule has 0 aliphatic rings. The molecule has 0 atom stereocenters. The van der Waals surface area contributed by atoms with Gasteiger partial charge in [0.15, 0.2) is 5.82 Å². The molecule has 0 amide bonds. The standard InChI is InChI=1S/C9H11BFO2/c1-2-3-7-4-5-9(13-10-12)8(11)6-7/h4-6,12H,2-3H2,1H3. The van der Waals surface area contributed by atoms with Crippen molar-refractivity contribution in [3.8, 4) is 5.75 Å². The van der Waals surface area contributed by atoms with Gasteiger partial charge in [-0.25, -0.2) is 4.39 Å². The first-order valence-corrected chi connectivity index (χ1v) is 4.19. The molecule has 1 aromatic rings. The SMILES string of the molecule is CCCc1ccc(O[B]O)c(F)c1. The second-order valence-corrected chi connectivity index (χ2v) is 2.74. The van der Waals surface area contributed by atoms with Gasteiger partial charge in [0.05, 0.1) is 0 Å². The summed E-state index contributed by atoms with van der Waals surface area (Å²) in [4.78, 5) is 0. The van der Waals surface area contributed by atoms with Gasteiger partial charge in [0.25, 0.3) is 0 Å². The van der Waals surface area contributed by atoms with Crippen LogP contribution in [0.15, 0.2) is 18.2 Å². The normalized spacial score (nSPS) is 9.77. The van der Waals surface area contributed by atoms with Crippen molar-refractivity contribution in [2.75, 3.05) is 0 Å². The Kier molecular flexibility index (Phi) is 3.77. The average molecular weight is 181 g/mol.